The molecule has 0 bridgehead atoms. The predicted octanol–water partition coefficient (Wildman–Crippen LogP) is 2.55. The summed E-state index contributed by atoms with van der Waals surface area (Å²) in [5.74, 6) is 0.928. The third kappa shape index (κ3) is 2.99. The number of hydrogen-bond acceptors (Lipinski definition) is 5. The third-order valence-corrected chi connectivity index (χ3v) is 3.20. The second-order valence-corrected chi connectivity index (χ2v) is 4.73. The molecule has 0 unspecified atom stereocenters. The summed E-state index contributed by atoms with van der Waals surface area (Å²) in [5.41, 5.74) is 0.877. The predicted molar refractivity (Wildman–Crippen MR) is 74.0 cm³/mol. The number of aryl methyl sites for hydroxylation is 2. The molecule has 2 rings (SSSR count). The standard InChI is InChI=1S/C15H17NO5/c1-9-12(5-6-20-9)14(17)16(3)8-11-7-13(10(2)21-11)15(18)19-4/h5-7H,8H2,1-4H3. The summed E-state index contributed by atoms with van der Waals surface area (Å²) in [6.07, 6.45) is 1.48. The third-order valence-electron chi connectivity index (χ3n) is 3.20. The lowest BCUT2D eigenvalue weighted by Crippen LogP contribution is -2.26. The molecular formula is C15H17NO5. The molecule has 1 amide bonds. The second-order valence-electron chi connectivity index (χ2n) is 4.73. The van der Waals surface area contributed by atoms with E-state index < -0.39 is 5.97 Å². The van der Waals surface area contributed by atoms with Crippen LogP contribution in [0.25, 0.3) is 0 Å². The number of carbonyl (C=O) groups excluding carboxylic acids is 2. The molecule has 0 aliphatic carbocycles. The van der Waals surface area contributed by atoms with Crippen LogP contribution in [0.1, 0.15) is 38.0 Å². The van der Waals surface area contributed by atoms with Crippen molar-refractivity contribution in [3.05, 3.63) is 46.8 Å². The van der Waals surface area contributed by atoms with Crippen LogP contribution in [0.3, 0.4) is 0 Å². The summed E-state index contributed by atoms with van der Waals surface area (Å²) in [7, 11) is 2.97. The van der Waals surface area contributed by atoms with Crippen LogP contribution < -0.4 is 0 Å². The van der Waals surface area contributed by atoms with E-state index in [1.54, 1.807) is 33.0 Å². The van der Waals surface area contributed by atoms with Gasteiger partial charge in [0.05, 0.1) is 25.5 Å². The Morgan fingerprint density at radius 3 is 2.52 bits per heavy atom. The van der Waals surface area contributed by atoms with Crippen LogP contribution in [0.15, 0.2) is 27.2 Å². The first-order valence-corrected chi connectivity index (χ1v) is 6.41. The fourth-order valence-electron chi connectivity index (χ4n) is 2.05. The first kappa shape index (κ1) is 14.9. The fourth-order valence-corrected chi connectivity index (χ4v) is 2.05. The fraction of sp³-hybridized carbons (Fsp3) is 0.333. The molecule has 0 saturated heterocycles. The SMILES string of the molecule is COC(=O)c1cc(CN(C)C(=O)c2ccoc2C)oc1C. The summed E-state index contributed by atoms with van der Waals surface area (Å²) in [5, 5.41) is 0. The van der Waals surface area contributed by atoms with Gasteiger partial charge in [0.25, 0.3) is 5.91 Å². The van der Waals surface area contributed by atoms with Crippen molar-refractivity contribution < 1.29 is 23.2 Å². The Bertz CT molecular complexity index is 667. The minimum atomic E-state index is -0.456. The molecule has 112 valence electrons. The van der Waals surface area contributed by atoms with Crippen LogP contribution in [0.5, 0.6) is 0 Å². The molecular weight excluding hydrogens is 274 g/mol. The molecule has 2 aromatic rings. The Morgan fingerprint density at radius 2 is 1.95 bits per heavy atom. The van der Waals surface area contributed by atoms with Gasteiger partial charge in [-0.15, -0.1) is 0 Å². The van der Waals surface area contributed by atoms with Crippen LogP contribution >= 0.6 is 0 Å². The molecule has 21 heavy (non-hydrogen) atoms. The van der Waals surface area contributed by atoms with Gasteiger partial charge in [-0.25, -0.2) is 4.79 Å². The normalized spacial score (nSPS) is 10.5. The molecule has 0 saturated carbocycles. The zero-order chi connectivity index (χ0) is 15.6. The molecule has 0 aliphatic rings. The van der Waals surface area contributed by atoms with E-state index in [-0.39, 0.29) is 12.5 Å². The molecule has 0 atom stereocenters. The molecule has 0 aromatic carbocycles. The monoisotopic (exact) mass is 291 g/mol. The highest BCUT2D eigenvalue weighted by Crippen LogP contribution is 2.18. The van der Waals surface area contributed by atoms with Gasteiger partial charge in [-0.2, -0.15) is 0 Å². The number of furan rings is 2. The minimum absolute atomic E-state index is 0.171. The van der Waals surface area contributed by atoms with Gasteiger partial charge in [-0.05, 0) is 26.0 Å². The highest BCUT2D eigenvalue weighted by molar-refractivity contribution is 5.95. The van der Waals surface area contributed by atoms with E-state index in [1.807, 2.05) is 0 Å². The molecule has 0 aliphatic heterocycles. The largest absolute Gasteiger partial charge is 0.469 e. The van der Waals surface area contributed by atoms with Crippen molar-refractivity contribution in [1.82, 2.24) is 4.90 Å². The van der Waals surface area contributed by atoms with Gasteiger partial charge < -0.3 is 18.5 Å². The van der Waals surface area contributed by atoms with Crippen molar-refractivity contribution in [2.75, 3.05) is 14.2 Å². The van der Waals surface area contributed by atoms with Crippen molar-refractivity contribution in [2.45, 2.75) is 20.4 Å². The van der Waals surface area contributed by atoms with Gasteiger partial charge in [-0.1, -0.05) is 0 Å². The summed E-state index contributed by atoms with van der Waals surface area (Å²) >= 11 is 0. The molecule has 0 N–H and O–H groups in total. The Kier molecular flexibility index (Phi) is 4.16. The van der Waals surface area contributed by atoms with Crippen LogP contribution in [-0.4, -0.2) is 30.9 Å². The Balaban J connectivity index is 2.13. The highest BCUT2D eigenvalue weighted by Gasteiger charge is 2.20. The Hall–Kier alpha value is -2.50. The van der Waals surface area contributed by atoms with Gasteiger partial charge in [-0.3, -0.25) is 4.79 Å². The molecule has 0 spiro atoms. The van der Waals surface area contributed by atoms with E-state index in [0.29, 0.717) is 28.4 Å². The quantitative estimate of drug-likeness (QED) is 0.809. The molecule has 6 heteroatoms. The number of amides is 1. The average Bonchev–Trinajstić information content (AvgIpc) is 3.03. The number of carbonyl (C=O) groups is 2. The van der Waals surface area contributed by atoms with Crippen LogP contribution in [0.4, 0.5) is 0 Å². The minimum Gasteiger partial charge on any atom is -0.469 e. The molecule has 6 nitrogen and oxygen atoms in total. The molecule has 0 fully saturated rings. The number of methoxy groups -OCH3 is 1. The van der Waals surface area contributed by atoms with Gasteiger partial charge in [0.2, 0.25) is 0 Å². The van der Waals surface area contributed by atoms with Gasteiger partial charge in [0.15, 0.2) is 0 Å². The van der Waals surface area contributed by atoms with E-state index in [4.69, 9.17) is 8.83 Å². The van der Waals surface area contributed by atoms with Crippen molar-refractivity contribution in [1.29, 1.82) is 0 Å². The van der Waals surface area contributed by atoms with Gasteiger partial charge >= 0.3 is 5.97 Å². The van der Waals surface area contributed by atoms with Gasteiger partial charge in [0, 0.05) is 7.05 Å². The van der Waals surface area contributed by atoms with E-state index in [0.717, 1.165) is 0 Å². The van der Waals surface area contributed by atoms with Crippen molar-refractivity contribution >= 4 is 11.9 Å². The van der Waals surface area contributed by atoms with E-state index in [9.17, 15) is 9.59 Å². The topological polar surface area (TPSA) is 72.9 Å². The zero-order valence-corrected chi connectivity index (χ0v) is 12.4. The lowest BCUT2D eigenvalue weighted by atomic mass is 10.2. The maximum Gasteiger partial charge on any atom is 0.341 e. The van der Waals surface area contributed by atoms with Crippen LogP contribution in [0, 0.1) is 13.8 Å². The van der Waals surface area contributed by atoms with Crippen molar-refractivity contribution in [3.63, 3.8) is 0 Å². The lowest BCUT2D eigenvalue weighted by Gasteiger charge is -2.14. The zero-order valence-electron chi connectivity index (χ0n) is 12.4. The first-order chi connectivity index (χ1) is 9.93. The van der Waals surface area contributed by atoms with Gasteiger partial charge in [0.1, 0.15) is 22.8 Å². The highest BCUT2D eigenvalue weighted by atomic mass is 16.5. The number of esters is 1. The number of rotatable bonds is 4. The maximum absolute atomic E-state index is 12.2. The second kappa shape index (κ2) is 5.87. The van der Waals surface area contributed by atoms with Crippen LogP contribution in [-0.2, 0) is 11.3 Å². The van der Waals surface area contributed by atoms with E-state index in [2.05, 4.69) is 4.74 Å². The lowest BCUT2D eigenvalue weighted by molar-refractivity contribution is 0.0598. The van der Waals surface area contributed by atoms with E-state index in [1.165, 1.54) is 18.3 Å². The summed E-state index contributed by atoms with van der Waals surface area (Å²) in [6.45, 7) is 3.66. The number of hydrogen-bond donors (Lipinski definition) is 0. The summed E-state index contributed by atoms with van der Waals surface area (Å²) < 4.78 is 15.3. The number of ether oxygens (including phenoxy) is 1. The van der Waals surface area contributed by atoms with Crippen molar-refractivity contribution in [3.8, 4) is 0 Å². The number of nitrogens with zero attached hydrogens (tertiary/aromatic N) is 1. The van der Waals surface area contributed by atoms with Crippen LogP contribution in [0.2, 0.25) is 0 Å². The van der Waals surface area contributed by atoms with E-state index >= 15 is 0 Å². The maximum atomic E-state index is 12.2. The Labute approximate surface area is 122 Å². The van der Waals surface area contributed by atoms with Crippen molar-refractivity contribution in [2.24, 2.45) is 0 Å². The first-order valence-electron chi connectivity index (χ1n) is 6.41. The molecule has 2 aromatic heterocycles. The average molecular weight is 291 g/mol. The smallest absolute Gasteiger partial charge is 0.341 e. The Morgan fingerprint density at radius 1 is 1.24 bits per heavy atom. The summed E-state index contributed by atoms with van der Waals surface area (Å²) in [4.78, 5) is 25.3. The summed E-state index contributed by atoms with van der Waals surface area (Å²) in [6, 6.07) is 3.22. The molecule has 2 heterocycles. The molecule has 0 radical (unpaired) electrons.